The highest BCUT2D eigenvalue weighted by molar-refractivity contribution is 5.40. The number of rotatable bonds is 4. The standard InChI is InChI=1S/C13H12F3N3O2/c1-8-18-11(17-2)7-12(19-8)20-9-3-5-10(6-4-9)21-13(14,15)16/h3-7H,1-2H3,(H,17,18,19). The van der Waals surface area contributed by atoms with E-state index in [1.165, 1.54) is 12.1 Å². The third kappa shape index (κ3) is 4.51. The Morgan fingerprint density at radius 3 is 2.24 bits per heavy atom. The molecule has 21 heavy (non-hydrogen) atoms. The van der Waals surface area contributed by atoms with Gasteiger partial charge in [-0.15, -0.1) is 13.2 Å². The molecule has 0 radical (unpaired) electrons. The second-order valence-electron chi connectivity index (χ2n) is 4.01. The zero-order valence-corrected chi connectivity index (χ0v) is 11.2. The average Bonchev–Trinajstić information content (AvgIpc) is 2.38. The van der Waals surface area contributed by atoms with Crippen LogP contribution in [0.2, 0.25) is 0 Å². The van der Waals surface area contributed by atoms with E-state index in [4.69, 9.17) is 4.74 Å². The highest BCUT2D eigenvalue weighted by Crippen LogP contribution is 2.27. The van der Waals surface area contributed by atoms with E-state index in [0.29, 0.717) is 17.4 Å². The van der Waals surface area contributed by atoms with E-state index < -0.39 is 6.36 Å². The maximum Gasteiger partial charge on any atom is 0.573 e. The highest BCUT2D eigenvalue weighted by atomic mass is 19.4. The van der Waals surface area contributed by atoms with Crippen LogP contribution < -0.4 is 14.8 Å². The number of anilines is 1. The van der Waals surface area contributed by atoms with Crippen molar-refractivity contribution in [2.24, 2.45) is 0 Å². The molecule has 1 heterocycles. The molecule has 1 aromatic carbocycles. The number of nitrogens with one attached hydrogen (secondary N) is 1. The number of alkyl halides is 3. The summed E-state index contributed by atoms with van der Waals surface area (Å²) < 4.78 is 45.3. The number of halogens is 3. The Bertz CT molecular complexity index is 615. The van der Waals surface area contributed by atoms with Crippen LogP contribution >= 0.6 is 0 Å². The lowest BCUT2D eigenvalue weighted by molar-refractivity contribution is -0.274. The van der Waals surface area contributed by atoms with E-state index in [2.05, 4.69) is 20.0 Å². The number of benzene rings is 1. The van der Waals surface area contributed by atoms with Gasteiger partial charge in [0.1, 0.15) is 23.1 Å². The minimum Gasteiger partial charge on any atom is -0.439 e. The summed E-state index contributed by atoms with van der Waals surface area (Å²) in [4.78, 5) is 8.18. The van der Waals surface area contributed by atoms with E-state index >= 15 is 0 Å². The molecule has 0 spiro atoms. The van der Waals surface area contributed by atoms with Crippen molar-refractivity contribution in [2.75, 3.05) is 12.4 Å². The third-order valence-electron chi connectivity index (χ3n) is 2.35. The highest BCUT2D eigenvalue weighted by Gasteiger charge is 2.30. The average molecular weight is 299 g/mol. The zero-order chi connectivity index (χ0) is 15.5. The van der Waals surface area contributed by atoms with Gasteiger partial charge in [-0.3, -0.25) is 0 Å². The molecule has 0 bridgehead atoms. The van der Waals surface area contributed by atoms with Gasteiger partial charge < -0.3 is 14.8 Å². The number of hydrogen-bond acceptors (Lipinski definition) is 5. The summed E-state index contributed by atoms with van der Waals surface area (Å²) in [6, 6.07) is 6.62. The normalized spacial score (nSPS) is 11.1. The molecule has 112 valence electrons. The van der Waals surface area contributed by atoms with E-state index in [0.717, 1.165) is 12.1 Å². The SMILES string of the molecule is CNc1cc(Oc2ccc(OC(F)(F)F)cc2)nc(C)n1. The molecule has 1 aromatic heterocycles. The molecule has 0 fully saturated rings. The van der Waals surface area contributed by atoms with Gasteiger partial charge in [-0.25, -0.2) is 4.98 Å². The molecule has 0 aliphatic carbocycles. The summed E-state index contributed by atoms with van der Waals surface area (Å²) in [7, 11) is 1.70. The molecule has 2 aromatic rings. The number of hydrogen-bond donors (Lipinski definition) is 1. The predicted octanol–water partition coefficient (Wildman–Crippen LogP) is 3.52. The Labute approximate surface area is 118 Å². The Hall–Kier alpha value is -2.51. The largest absolute Gasteiger partial charge is 0.573 e. The van der Waals surface area contributed by atoms with Gasteiger partial charge in [-0.2, -0.15) is 4.98 Å². The molecule has 0 saturated carbocycles. The van der Waals surface area contributed by atoms with Gasteiger partial charge in [0.15, 0.2) is 0 Å². The number of ether oxygens (including phenoxy) is 2. The molecule has 1 N–H and O–H groups in total. The van der Waals surface area contributed by atoms with Gasteiger partial charge in [-0.1, -0.05) is 0 Å². The topological polar surface area (TPSA) is 56.3 Å². The summed E-state index contributed by atoms with van der Waals surface area (Å²) in [6.07, 6.45) is -4.71. The molecule has 0 unspecified atom stereocenters. The second-order valence-corrected chi connectivity index (χ2v) is 4.01. The van der Waals surface area contributed by atoms with Crippen LogP contribution in [-0.2, 0) is 0 Å². The minimum absolute atomic E-state index is 0.288. The van der Waals surface area contributed by atoms with Crippen molar-refractivity contribution >= 4 is 5.82 Å². The van der Waals surface area contributed by atoms with Gasteiger partial charge in [0, 0.05) is 13.1 Å². The third-order valence-corrected chi connectivity index (χ3v) is 2.35. The fraction of sp³-hybridized carbons (Fsp3) is 0.231. The van der Waals surface area contributed by atoms with E-state index in [1.54, 1.807) is 20.0 Å². The molecule has 0 atom stereocenters. The fourth-order valence-electron chi connectivity index (χ4n) is 1.55. The Morgan fingerprint density at radius 2 is 1.67 bits per heavy atom. The van der Waals surface area contributed by atoms with Crippen LogP contribution in [0.1, 0.15) is 5.82 Å². The summed E-state index contributed by atoms with van der Waals surface area (Å²) in [5.74, 6) is 1.40. The van der Waals surface area contributed by atoms with Crippen molar-refractivity contribution in [3.05, 3.63) is 36.2 Å². The molecular weight excluding hydrogens is 287 g/mol. The smallest absolute Gasteiger partial charge is 0.439 e. The maximum absolute atomic E-state index is 12.0. The number of aromatic nitrogens is 2. The first-order chi connectivity index (χ1) is 9.85. The van der Waals surface area contributed by atoms with Crippen LogP contribution in [0.4, 0.5) is 19.0 Å². The molecule has 0 saturated heterocycles. The lowest BCUT2D eigenvalue weighted by Gasteiger charge is -2.10. The predicted molar refractivity (Wildman–Crippen MR) is 69.5 cm³/mol. The Balaban J connectivity index is 2.11. The van der Waals surface area contributed by atoms with E-state index in [9.17, 15) is 13.2 Å². The van der Waals surface area contributed by atoms with Crippen molar-refractivity contribution in [1.29, 1.82) is 0 Å². The Morgan fingerprint density at radius 1 is 1.05 bits per heavy atom. The van der Waals surface area contributed by atoms with Crippen LogP contribution in [0.5, 0.6) is 17.4 Å². The van der Waals surface area contributed by atoms with Gasteiger partial charge in [0.2, 0.25) is 5.88 Å². The minimum atomic E-state index is -4.71. The fourth-order valence-corrected chi connectivity index (χ4v) is 1.55. The van der Waals surface area contributed by atoms with Crippen molar-refractivity contribution < 1.29 is 22.6 Å². The molecular formula is C13H12F3N3O2. The van der Waals surface area contributed by atoms with Crippen molar-refractivity contribution in [3.63, 3.8) is 0 Å². The summed E-state index contributed by atoms with van der Waals surface area (Å²) in [5, 5.41) is 2.85. The first-order valence-electron chi connectivity index (χ1n) is 5.93. The zero-order valence-electron chi connectivity index (χ0n) is 11.2. The summed E-state index contributed by atoms with van der Waals surface area (Å²) in [6.45, 7) is 1.70. The van der Waals surface area contributed by atoms with Crippen LogP contribution in [0, 0.1) is 6.92 Å². The van der Waals surface area contributed by atoms with E-state index in [-0.39, 0.29) is 11.6 Å². The molecule has 5 nitrogen and oxygen atoms in total. The molecule has 2 rings (SSSR count). The maximum atomic E-state index is 12.0. The summed E-state index contributed by atoms with van der Waals surface area (Å²) >= 11 is 0. The van der Waals surface area contributed by atoms with Gasteiger partial charge in [-0.05, 0) is 31.2 Å². The number of nitrogens with zero attached hydrogens (tertiary/aromatic N) is 2. The molecule has 0 amide bonds. The Kier molecular flexibility index (Phi) is 4.15. The van der Waals surface area contributed by atoms with Crippen molar-refractivity contribution in [2.45, 2.75) is 13.3 Å². The van der Waals surface area contributed by atoms with E-state index in [1.807, 2.05) is 0 Å². The van der Waals surface area contributed by atoms with Crippen molar-refractivity contribution in [1.82, 2.24) is 9.97 Å². The second kappa shape index (κ2) is 5.86. The van der Waals surface area contributed by atoms with Crippen LogP contribution in [-0.4, -0.2) is 23.4 Å². The first-order valence-corrected chi connectivity index (χ1v) is 5.93. The summed E-state index contributed by atoms with van der Waals surface area (Å²) in [5.41, 5.74) is 0. The molecule has 0 aliphatic heterocycles. The lowest BCUT2D eigenvalue weighted by atomic mass is 10.3. The van der Waals surface area contributed by atoms with Gasteiger partial charge in [0.05, 0.1) is 0 Å². The van der Waals surface area contributed by atoms with Crippen LogP contribution in [0.3, 0.4) is 0 Å². The monoisotopic (exact) mass is 299 g/mol. The van der Waals surface area contributed by atoms with Gasteiger partial charge >= 0.3 is 6.36 Å². The number of aryl methyl sites for hydroxylation is 1. The van der Waals surface area contributed by atoms with Crippen molar-refractivity contribution in [3.8, 4) is 17.4 Å². The lowest BCUT2D eigenvalue weighted by Crippen LogP contribution is -2.16. The van der Waals surface area contributed by atoms with Crippen LogP contribution in [0.15, 0.2) is 30.3 Å². The first kappa shape index (κ1) is 14.9. The molecule has 0 aliphatic rings. The van der Waals surface area contributed by atoms with Crippen LogP contribution in [0.25, 0.3) is 0 Å². The van der Waals surface area contributed by atoms with Gasteiger partial charge in [0.25, 0.3) is 0 Å². The molecule has 8 heteroatoms. The quantitative estimate of drug-likeness (QED) is 0.936.